The van der Waals surface area contributed by atoms with Crippen LogP contribution in [0.15, 0.2) is 70.9 Å². The van der Waals surface area contributed by atoms with Gasteiger partial charge in [0.05, 0.1) is 0 Å². The van der Waals surface area contributed by atoms with Gasteiger partial charge in [-0.1, -0.05) is 76.3 Å². The zero-order valence-corrected chi connectivity index (χ0v) is 14.0. The number of hydrogen-bond acceptors (Lipinski definition) is 1. The highest BCUT2D eigenvalue weighted by atomic mass is 16.1. The van der Waals surface area contributed by atoms with Crippen molar-refractivity contribution in [2.24, 2.45) is 5.41 Å². The second-order valence-electron chi connectivity index (χ2n) is 5.45. The van der Waals surface area contributed by atoms with E-state index in [0.29, 0.717) is 0 Å². The SMILES string of the molecule is CC.C\C=C/C=C1/C(=O)C2=C(C=CC(C)(C)C=C2)/C1=C/C. The van der Waals surface area contributed by atoms with Crippen LogP contribution < -0.4 is 0 Å². The Kier molecular flexibility index (Phi) is 5.90. The molecule has 0 fully saturated rings. The van der Waals surface area contributed by atoms with E-state index in [0.717, 1.165) is 22.3 Å². The summed E-state index contributed by atoms with van der Waals surface area (Å²) >= 11 is 0. The van der Waals surface area contributed by atoms with Crippen molar-refractivity contribution in [1.29, 1.82) is 0 Å². The van der Waals surface area contributed by atoms with E-state index < -0.39 is 0 Å². The van der Waals surface area contributed by atoms with E-state index in [1.54, 1.807) is 0 Å². The molecule has 0 bridgehead atoms. The van der Waals surface area contributed by atoms with E-state index in [2.05, 4.69) is 32.1 Å². The van der Waals surface area contributed by atoms with Crippen molar-refractivity contribution in [3.63, 3.8) is 0 Å². The molecular formula is C20H26O. The number of ketones is 1. The highest BCUT2D eigenvalue weighted by Gasteiger charge is 2.30. The fraction of sp³-hybridized carbons (Fsp3) is 0.350. The average Bonchev–Trinajstić information content (AvgIpc) is 2.62. The average molecular weight is 282 g/mol. The van der Waals surface area contributed by atoms with Crippen LogP contribution in [0, 0.1) is 5.41 Å². The van der Waals surface area contributed by atoms with E-state index >= 15 is 0 Å². The normalized spacial score (nSPS) is 23.6. The zero-order chi connectivity index (χ0) is 16.0. The summed E-state index contributed by atoms with van der Waals surface area (Å²) in [4.78, 5) is 12.5. The van der Waals surface area contributed by atoms with Gasteiger partial charge in [0.25, 0.3) is 0 Å². The Morgan fingerprint density at radius 2 is 1.52 bits per heavy atom. The van der Waals surface area contributed by atoms with Gasteiger partial charge in [-0.15, -0.1) is 0 Å². The van der Waals surface area contributed by atoms with E-state index in [4.69, 9.17) is 0 Å². The summed E-state index contributed by atoms with van der Waals surface area (Å²) < 4.78 is 0. The quantitative estimate of drug-likeness (QED) is 0.581. The van der Waals surface area contributed by atoms with Crippen LogP contribution in [0.4, 0.5) is 0 Å². The van der Waals surface area contributed by atoms with Crippen LogP contribution in [-0.4, -0.2) is 5.78 Å². The monoisotopic (exact) mass is 282 g/mol. The molecule has 0 aliphatic heterocycles. The largest absolute Gasteiger partial charge is 0.289 e. The first-order chi connectivity index (χ1) is 10.00. The van der Waals surface area contributed by atoms with Crippen LogP contribution in [-0.2, 0) is 4.79 Å². The lowest BCUT2D eigenvalue weighted by molar-refractivity contribution is -0.111. The van der Waals surface area contributed by atoms with E-state index in [-0.39, 0.29) is 11.2 Å². The highest BCUT2D eigenvalue weighted by molar-refractivity contribution is 6.19. The number of carbonyl (C=O) groups is 1. The van der Waals surface area contributed by atoms with Crippen LogP contribution in [0.3, 0.4) is 0 Å². The van der Waals surface area contributed by atoms with Gasteiger partial charge in [-0.3, -0.25) is 4.79 Å². The van der Waals surface area contributed by atoms with Crippen molar-refractivity contribution >= 4 is 5.78 Å². The summed E-state index contributed by atoms with van der Waals surface area (Å²) in [5.41, 5.74) is 3.68. The van der Waals surface area contributed by atoms with Crippen molar-refractivity contribution in [3.8, 4) is 0 Å². The lowest BCUT2D eigenvalue weighted by Crippen LogP contribution is -2.03. The predicted octanol–water partition coefficient (Wildman–Crippen LogP) is 5.49. The van der Waals surface area contributed by atoms with Gasteiger partial charge in [0.1, 0.15) is 0 Å². The van der Waals surface area contributed by atoms with E-state index in [1.807, 2.05) is 58.1 Å². The van der Waals surface area contributed by atoms with Gasteiger partial charge < -0.3 is 0 Å². The molecule has 0 heterocycles. The smallest absolute Gasteiger partial charge is 0.194 e. The van der Waals surface area contributed by atoms with Gasteiger partial charge in [0.2, 0.25) is 0 Å². The van der Waals surface area contributed by atoms with Crippen molar-refractivity contribution in [1.82, 2.24) is 0 Å². The van der Waals surface area contributed by atoms with Crippen molar-refractivity contribution in [2.45, 2.75) is 41.5 Å². The summed E-state index contributed by atoms with van der Waals surface area (Å²) in [5, 5.41) is 0. The summed E-state index contributed by atoms with van der Waals surface area (Å²) in [5.74, 6) is 0.125. The van der Waals surface area contributed by atoms with Crippen molar-refractivity contribution in [3.05, 3.63) is 70.9 Å². The molecule has 2 aliphatic rings. The maximum Gasteiger partial charge on any atom is 0.194 e. The summed E-state index contributed by atoms with van der Waals surface area (Å²) in [6.07, 6.45) is 16.1. The summed E-state index contributed by atoms with van der Waals surface area (Å²) in [6.45, 7) is 12.2. The fourth-order valence-electron chi connectivity index (χ4n) is 2.35. The molecule has 0 spiro atoms. The standard InChI is InChI=1S/C18H20O.C2H6/c1-5-7-8-15-13(6-2)14-9-11-18(3,4)12-10-16(14)17(15)19;1-2/h5-12H,1-4H3;1-2H3/b7-5-,13-6-,15-8+;. The third kappa shape index (κ3) is 3.60. The van der Waals surface area contributed by atoms with Gasteiger partial charge >= 0.3 is 0 Å². The molecule has 0 saturated carbocycles. The first-order valence-electron chi connectivity index (χ1n) is 7.67. The Hall–Kier alpha value is -1.89. The molecule has 2 rings (SSSR count). The second-order valence-corrected chi connectivity index (χ2v) is 5.45. The third-order valence-electron chi connectivity index (χ3n) is 3.46. The molecule has 0 aromatic heterocycles. The molecule has 0 N–H and O–H groups in total. The molecule has 112 valence electrons. The minimum absolute atomic E-state index is 0.00330. The first-order valence-corrected chi connectivity index (χ1v) is 7.67. The van der Waals surface area contributed by atoms with Crippen molar-refractivity contribution in [2.75, 3.05) is 0 Å². The molecule has 21 heavy (non-hydrogen) atoms. The number of rotatable bonds is 1. The Bertz CT molecular complexity index is 587. The summed E-state index contributed by atoms with van der Waals surface area (Å²) in [7, 11) is 0. The van der Waals surface area contributed by atoms with Gasteiger partial charge in [-0.05, 0) is 25.0 Å². The highest BCUT2D eigenvalue weighted by Crippen LogP contribution is 2.38. The van der Waals surface area contributed by atoms with Gasteiger partial charge in [0.15, 0.2) is 5.78 Å². The maximum atomic E-state index is 12.5. The Balaban J connectivity index is 0.00000106. The van der Waals surface area contributed by atoms with Crippen molar-refractivity contribution < 1.29 is 4.79 Å². The van der Waals surface area contributed by atoms with Crippen LogP contribution in [0.1, 0.15) is 41.5 Å². The zero-order valence-electron chi connectivity index (χ0n) is 14.0. The Labute approximate surface area is 129 Å². The van der Waals surface area contributed by atoms with Gasteiger partial charge in [0, 0.05) is 16.6 Å². The summed E-state index contributed by atoms with van der Waals surface area (Å²) in [6, 6.07) is 0. The van der Waals surface area contributed by atoms with E-state index in [1.165, 1.54) is 0 Å². The molecule has 0 radical (unpaired) electrons. The molecule has 0 saturated heterocycles. The third-order valence-corrected chi connectivity index (χ3v) is 3.46. The molecule has 0 amide bonds. The molecule has 1 nitrogen and oxygen atoms in total. The van der Waals surface area contributed by atoms with E-state index in [9.17, 15) is 4.79 Å². The predicted molar refractivity (Wildman–Crippen MR) is 92.1 cm³/mol. The van der Waals surface area contributed by atoms with Gasteiger partial charge in [-0.25, -0.2) is 0 Å². The number of carbonyl (C=O) groups excluding carboxylic acids is 1. The lowest BCUT2D eigenvalue weighted by Gasteiger charge is -2.13. The Morgan fingerprint density at radius 1 is 0.952 bits per heavy atom. The maximum absolute atomic E-state index is 12.5. The van der Waals surface area contributed by atoms with Gasteiger partial charge in [-0.2, -0.15) is 0 Å². The molecule has 0 aromatic rings. The molecule has 0 aromatic carbocycles. The minimum Gasteiger partial charge on any atom is -0.289 e. The van der Waals surface area contributed by atoms with Crippen LogP contribution in [0.5, 0.6) is 0 Å². The molecule has 2 aliphatic carbocycles. The number of Topliss-reactive ketones (excluding diaryl/α,β-unsaturated/α-hetero) is 1. The first kappa shape index (κ1) is 17.2. The van der Waals surface area contributed by atoms with Crippen LogP contribution in [0.2, 0.25) is 0 Å². The van der Waals surface area contributed by atoms with Crippen LogP contribution >= 0.6 is 0 Å². The number of allylic oxidation sites excluding steroid dienone is 12. The number of hydrogen-bond donors (Lipinski definition) is 0. The van der Waals surface area contributed by atoms with Crippen LogP contribution in [0.25, 0.3) is 0 Å². The molecule has 0 atom stereocenters. The second kappa shape index (κ2) is 7.21. The topological polar surface area (TPSA) is 17.1 Å². The molecule has 0 unspecified atom stereocenters. The fourth-order valence-corrected chi connectivity index (χ4v) is 2.35. The lowest BCUT2D eigenvalue weighted by atomic mass is 9.91. The minimum atomic E-state index is -0.00330. The molecule has 1 heteroatoms. The Morgan fingerprint density at radius 3 is 2.05 bits per heavy atom. The molecular weight excluding hydrogens is 256 g/mol.